The van der Waals surface area contributed by atoms with E-state index in [1.807, 2.05) is 18.5 Å². The molecule has 0 saturated carbocycles. The molecule has 0 atom stereocenters. The second-order valence-electron chi connectivity index (χ2n) is 7.31. The van der Waals surface area contributed by atoms with Crippen LogP contribution in [0.4, 0.5) is 0 Å². The van der Waals surface area contributed by atoms with Gasteiger partial charge < -0.3 is 19.3 Å². The fraction of sp³-hybridized carbons (Fsp3) is 0.632. The second kappa shape index (κ2) is 9.55. The summed E-state index contributed by atoms with van der Waals surface area (Å²) in [5, 5.41) is 7.43. The van der Waals surface area contributed by atoms with Crippen molar-refractivity contribution in [2.45, 2.75) is 40.4 Å². The Morgan fingerprint density at radius 3 is 2.78 bits per heavy atom. The minimum atomic E-state index is 0.591. The van der Waals surface area contributed by atoms with Gasteiger partial charge in [-0.05, 0) is 12.8 Å². The van der Waals surface area contributed by atoms with E-state index in [1.54, 1.807) is 6.26 Å². The summed E-state index contributed by atoms with van der Waals surface area (Å²) in [6.45, 7) is 13.7. The molecule has 148 valence electrons. The number of hydrogen-bond acceptors (Lipinski definition) is 5. The molecule has 0 spiro atoms. The molecule has 1 aliphatic rings. The SMILES string of the molecule is CCNC(=NCc1nccn1CC(C)C)N1CCN(Cc2ccon2)CC1. The number of hydrogen-bond donors (Lipinski definition) is 1. The number of guanidine groups is 1. The second-order valence-corrected chi connectivity index (χ2v) is 7.31. The van der Waals surface area contributed by atoms with Crippen LogP contribution >= 0.6 is 0 Å². The molecule has 1 aliphatic heterocycles. The van der Waals surface area contributed by atoms with Crippen LogP contribution in [0.15, 0.2) is 34.2 Å². The molecule has 0 radical (unpaired) electrons. The van der Waals surface area contributed by atoms with Crippen LogP contribution in [-0.2, 0) is 19.6 Å². The highest BCUT2D eigenvalue weighted by molar-refractivity contribution is 5.80. The monoisotopic (exact) mass is 373 g/mol. The van der Waals surface area contributed by atoms with E-state index in [9.17, 15) is 0 Å². The number of aliphatic imine (C=N–C) groups is 1. The van der Waals surface area contributed by atoms with Crippen molar-refractivity contribution in [1.29, 1.82) is 0 Å². The lowest BCUT2D eigenvalue weighted by molar-refractivity contribution is 0.169. The summed E-state index contributed by atoms with van der Waals surface area (Å²) in [6.07, 6.45) is 5.54. The molecular formula is C19H31N7O. The normalized spacial score (nSPS) is 16.3. The van der Waals surface area contributed by atoms with Gasteiger partial charge in [-0.15, -0.1) is 0 Å². The quantitative estimate of drug-likeness (QED) is 0.589. The lowest BCUT2D eigenvalue weighted by Crippen LogP contribution is -2.52. The van der Waals surface area contributed by atoms with Crippen LogP contribution in [0.3, 0.4) is 0 Å². The first-order valence-electron chi connectivity index (χ1n) is 9.80. The van der Waals surface area contributed by atoms with Gasteiger partial charge in [0.2, 0.25) is 0 Å². The molecule has 0 amide bonds. The van der Waals surface area contributed by atoms with E-state index in [2.05, 4.69) is 50.6 Å². The smallest absolute Gasteiger partial charge is 0.194 e. The van der Waals surface area contributed by atoms with Crippen LogP contribution < -0.4 is 5.32 Å². The van der Waals surface area contributed by atoms with Gasteiger partial charge in [-0.25, -0.2) is 9.98 Å². The Morgan fingerprint density at radius 2 is 2.11 bits per heavy atom. The summed E-state index contributed by atoms with van der Waals surface area (Å²) >= 11 is 0. The van der Waals surface area contributed by atoms with E-state index >= 15 is 0 Å². The van der Waals surface area contributed by atoms with Crippen LogP contribution in [0.5, 0.6) is 0 Å². The first-order valence-corrected chi connectivity index (χ1v) is 9.80. The molecule has 0 bridgehead atoms. The Hall–Kier alpha value is -2.35. The molecule has 1 saturated heterocycles. The van der Waals surface area contributed by atoms with Crippen LogP contribution in [0.2, 0.25) is 0 Å². The highest BCUT2D eigenvalue weighted by atomic mass is 16.5. The minimum Gasteiger partial charge on any atom is -0.364 e. The summed E-state index contributed by atoms with van der Waals surface area (Å²) in [7, 11) is 0. The first-order chi connectivity index (χ1) is 13.2. The molecule has 0 aliphatic carbocycles. The van der Waals surface area contributed by atoms with Crippen molar-refractivity contribution in [3.05, 3.63) is 36.2 Å². The third-order valence-corrected chi connectivity index (χ3v) is 4.62. The van der Waals surface area contributed by atoms with Crippen LogP contribution in [0.1, 0.15) is 32.3 Å². The lowest BCUT2D eigenvalue weighted by Gasteiger charge is -2.36. The maximum atomic E-state index is 4.92. The molecule has 0 unspecified atom stereocenters. The van der Waals surface area contributed by atoms with Gasteiger partial charge in [-0.2, -0.15) is 0 Å². The highest BCUT2D eigenvalue weighted by Gasteiger charge is 2.20. The van der Waals surface area contributed by atoms with Gasteiger partial charge >= 0.3 is 0 Å². The van der Waals surface area contributed by atoms with E-state index in [0.717, 1.165) is 63.3 Å². The number of nitrogens with one attached hydrogen (secondary N) is 1. The van der Waals surface area contributed by atoms with E-state index in [4.69, 9.17) is 9.52 Å². The summed E-state index contributed by atoms with van der Waals surface area (Å²) in [6, 6.07) is 1.93. The van der Waals surface area contributed by atoms with Crippen molar-refractivity contribution in [2.75, 3.05) is 32.7 Å². The Bertz CT molecular complexity index is 699. The van der Waals surface area contributed by atoms with Crippen molar-refractivity contribution < 1.29 is 4.52 Å². The molecule has 3 rings (SSSR count). The standard InChI is InChI=1S/C19H31N7O/c1-4-20-19(22-13-18-21-6-7-26(18)14-16(2)3)25-10-8-24(9-11-25)15-17-5-12-27-23-17/h5-7,12,16H,4,8-11,13-15H2,1-3H3,(H,20,22). The van der Waals surface area contributed by atoms with Crippen molar-refractivity contribution in [2.24, 2.45) is 10.9 Å². The summed E-state index contributed by atoms with van der Waals surface area (Å²) in [5.74, 6) is 2.58. The summed E-state index contributed by atoms with van der Waals surface area (Å²) < 4.78 is 7.13. The molecule has 0 aromatic carbocycles. The minimum absolute atomic E-state index is 0.591. The Balaban J connectivity index is 1.57. The zero-order chi connectivity index (χ0) is 19.1. The van der Waals surface area contributed by atoms with Gasteiger partial charge in [0, 0.05) is 64.3 Å². The Morgan fingerprint density at radius 1 is 1.30 bits per heavy atom. The average molecular weight is 374 g/mol. The molecule has 2 aromatic heterocycles. The van der Waals surface area contributed by atoms with Gasteiger partial charge in [0.1, 0.15) is 18.6 Å². The zero-order valence-electron chi connectivity index (χ0n) is 16.6. The van der Waals surface area contributed by atoms with Gasteiger partial charge in [0.25, 0.3) is 0 Å². The van der Waals surface area contributed by atoms with Crippen molar-refractivity contribution in [3.8, 4) is 0 Å². The maximum absolute atomic E-state index is 4.92. The van der Waals surface area contributed by atoms with E-state index in [-0.39, 0.29) is 0 Å². The number of aromatic nitrogens is 3. The van der Waals surface area contributed by atoms with Gasteiger partial charge in [0.15, 0.2) is 5.96 Å². The maximum Gasteiger partial charge on any atom is 0.194 e. The average Bonchev–Trinajstić information content (AvgIpc) is 3.31. The Kier molecular flexibility index (Phi) is 6.86. The van der Waals surface area contributed by atoms with Crippen LogP contribution in [0.25, 0.3) is 0 Å². The van der Waals surface area contributed by atoms with Crippen LogP contribution in [-0.4, -0.2) is 63.2 Å². The molecule has 27 heavy (non-hydrogen) atoms. The fourth-order valence-electron chi connectivity index (χ4n) is 3.29. The topological polar surface area (TPSA) is 74.7 Å². The largest absolute Gasteiger partial charge is 0.364 e. The zero-order valence-corrected chi connectivity index (χ0v) is 16.6. The van der Waals surface area contributed by atoms with Gasteiger partial charge in [0.05, 0.1) is 5.69 Å². The molecule has 8 nitrogen and oxygen atoms in total. The van der Waals surface area contributed by atoms with Crippen molar-refractivity contribution in [3.63, 3.8) is 0 Å². The predicted octanol–water partition coefficient (Wildman–Crippen LogP) is 1.81. The molecule has 3 heterocycles. The highest BCUT2D eigenvalue weighted by Crippen LogP contribution is 2.09. The van der Waals surface area contributed by atoms with E-state index in [0.29, 0.717) is 12.5 Å². The number of imidazole rings is 1. The van der Waals surface area contributed by atoms with E-state index < -0.39 is 0 Å². The third-order valence-electron chi connectivity index (χ3n) is 4.62. The lowest BCUT2D eigenvalue weighted by atomic mass is 10.2. The van der Waals surface area contributed by atoms with Crippen molar-refractivity contribution >= 4 is 5.96 Å². The Labute approximate surface area is 161 Å². The number of rotatable bonds is 7. The van der Waals surface area contributed by atoms with Gasteiger partial charge in [-0.3, -0.25) is 4.90 Å². The number of nitrogens with zero attached hydrogens (tertiary/aromatic N) is 6. The number of piperazine rings is 1. The summed E-state index contributed by atoms with van der Waals surface area (Å²) in [5.41, 5.74) is 0.987. The van der Waals surface area contributed by atoms with Crippen molar-refractivity contribution in [1.82, 2.24) is 29.8 Å². The predicted molar refractivity (Wildman–Crippen MR) is 105 cm³/mol. The molecule has 1 fully saturated rings. The van der Waals surface area contributed by atoms with E-state index in [1.165, 1.54) is 0 Å². The first kappa shape index (κ1) is 19.4. The van der Waals surface area contributed by atoms with Crippen LogP contribution in [0, 0.1) is 5.92 Å². The third kappa shape index (κ3) is 5.56. The van der Waals surface area contributed by atoms with Gasteiger partial charge in [-0.1, -0.05) is 19.0 Å². The molecule has 1 N–H and O–H groups in total. The fourth-order valence-corrected chi connectivity index (χ4v) is 3.29. The molecule has 2 aromatic rings. The molecular weight excluding hydrogens is 342 g/mol. The molecule has 8 heteroatoms. The summed E-state index contributed by atoms with van der Waals surface area (Å²) in [4.78, 5) is 14.1.